The maximum absolute atomic E-state index is 14.6. The van der Waals surface area contributed by atoms with Crippen molar-refractivity contribution in [2.75, 3.05) is 40.4 Å². The Bertz CT molecular complexity index is 2370. The van der Waals surface area contributed by atoms with Gasteiger partial charge in [0.15, 0.2) is 0 Å². The van der Waals surface area contributed by atoms with Crippen LogP contribution in [0.2, 0.25) is 0 Å². The predicted octanol–water partition coefficient (Wildman–Crippen LogP) is 5.55. The molecule has 0 saturated carbocycles. The molecule has 1 aromatic carbocycles. The molecule has 0 aliphatic carbocycles. The first-order valence-electron chi connectivity index (χ1n) is 22.2. The van der Waals surface area contributed by atoms with Crippen LogP contribution >= 0.6 is 11.3 Å². The van der Waals surface area contributed by atoms with Gasteiger partial charge in [-0.2, -0.15) is 0 Å². The summed E-state index contributed by atoms with van der Waals surface area (Å²) in [6.07, 6.45) is 3.73. The topological polar surface area (TPSA) is 168 Å². The van der Waals surface area contributed by atoms with Crippen molar-refractivity contribution in [1.29, 1.82) is 0 Å². The summed E-state index contributed by atoms with van der Waals surface area (Å²) in [6, 6.07) is 7.67. The Morgan fingerprint density at radius 2 is 1.90 bits per heavy atom. The zero-order chi connectivity index (χ0) is 45.3. The number of likely N-dealkylation sites (tertiary alicyclic amines) is 1. The van der Waals surface area contributed by atoms with Crippen LogP contribution < -0.4 is 10.7 Å². The molecule has 2 fully saturated rings. The lowest BCUT2D eigenvalue weighted by molar-refractivity contribution is -0.155. The minimum absolute atomic E-state index is 0.0840. The highest BCUT2D eigenvalue weighted by molar-refractivity contribution is 7.10. The molecule has 15 nitrogen and oxygen atoms in total. The van der Waals surface area contributed by atoms with Crippen molar-refractivity contribution in [3.8, 4) is 22.5 Å². The number of fused-ring (bicyclic) bond motifs is 6. The fraction of sp³-hybridized carbons (Fsp3) is 0.553. The summed E-state index contributed by atoms with van der Waals surface area (Å²) in [6.45, 7) is 15.5. The largest absolute Gasteiger partial charge is 0.464 e. The van der Waals surface area contributed by atoms with Crippen LogP contribution in [0.3, 0.4) is 0 Å². The number of pyridine rings is 1. The molecule has 3 aromatic heterocycles. The SMILES string of the molecule is CCn1c(-c2cccnc2[C@H](C)OC)c2c3cc(ccc31)-c1csc(n1)C[C@H](NC(=O)[C@H](C(C)C)N(C)C(=O)[C@H]1CCN(C(C)=O)C1)C(=O)N1CCC[C@H](N1)C(=O)OCC(C)(C)C2. The normalized spacial score (nSPS) is 21.5. The standard InChI is InChI=1S/C47H62N8O7S/c1-10-54-38-16-15-30-21-33(38)34(42(54)32-13-11-18-48-40(32)28(4)61-9)23-47(6,7)26-62-46(60)35-14-12-19-55(51-35)45(59)36(22-39-49-37(30)25-63-39)50-43(57)41(27(2)3)52(8)44(58)31-17-20-53(24-31)29(5)56/h11,13,15-16,18,21,25,27-28,31,35-36,41,51H,10,12,14,17,19-20,22-24,26H2,1-9H3,(H,50,57)/t28-,31-,35-,36-,41-/m0/s1. The van der Waals surface area contributed by atoms with Crippen LogP contribution in [0, 0.1) is 17.3 Å². The number of benzene rings is 1. The fourth-order valence-electron chi connectivity index (χ4n) is 9.42. The first-order valence-corrected chi connectivity index (χ1v) is 23.0. The first-order chi connectivity index (χ1) is 30.0. The van der Waals surface area contributed by atoms with Gasteiger partial charge in [0, 0.05) is 92.7 Å². The number of carbonyl (C=O) groups excluding carboxylic acids is 5. The van der Waals surface area contributed by atoms with Crippen LogP contribution in [0.5, 0.6) is 0 Å². The summed E-state index contributed by atoms with van der Waals surface area (Å²) in [7, 11) is 3.30. The summed E-state index contributed by atoms with van der Waals surface area (Å²) < 4.78 is 14.2. The average molecular weight is 883 g/mol. The number of carbonyl (C=O) groups is 5. The maximum atomic E-state index is 14.6. The Balaban J connectivity index is 1.28. The van der Waals surface area contributed by atoms with Gasteiger partial charge in [-0.15, -0.1) is 11.3 Å². The Labute approximate surface area is 373 Å². The molecular formula is C47H62N8O7S. The zero-order valence-corrected chi connectivity index (χ0v) is 38.8. The van der Waals surface area contributed by atoms with Gasteiger partial charge >= 0.3 is 5.97 Å². The molecule has 2 saturated heterocycles. The third-order valence-corrected chi connectivity index (χ3v) is 13.7. The smallest absolute Gasteiger partial charge is 0.324 e. The molecule has 63 heavy (non-hydrogen) atoms. The van der Waals surface area contributed by atoms with E-state index in [2.05, 4.69) is 60.3 Å². The molecule has 3 aliphatic heterocycles. The minimum Gasteiger partial charge on any atom is -0.464 e. The lowest BCUT2D eigenvalue weighted by Gasteiger charge is -2.36. The number of cyclic esters (lactones) is 1. The van der Waals surface area contributed by atoms with E-state index in [1.807, 2.05) is 32.2 Å². The Kier molecular flexibility index (Phi) is 13.7. The van der Waals surface area contributed by atoms with E-state index in [1.165, 1.54) is 28.2 Å². The number of hydrazine groups is 1. The van der Waals surface area contributed by atoms with Gasteiger partial charge in [0.05, 0.1) is 40.7 Å². The van der Waals surface area contributed by atoms with Crippen LogP contribution in [0.1, 0.15) is 90.1 Å². The predicted molar refractivity (Wildman–Crippen MR) is 241 cm³/mol. The lowest BCUT2D eigenvalue weighted by atomic mass is 9.84. The van der Waals surface area contributed by atoms with Crippen molar-refractivity contribution in [3.05, 3.63) is 58.2 Å². The van der Waals surface area contributed by atoms with Crippen molar-refractivity contribution in [1.82, 2.24) is 40.1 Å². The number of nitrogens with zero attached hydrogens (tertiary/aromatic N) is 6. The molecule has 5 atom stereocenters. The number of ether oxygens (including phenoxy) is 2. The van der Waals surface area contributed by atoms with Gasteiger partial charge in [-0.25, -0.2) is 10.4 Å². The number of thiazole rings is 1. The number of hydrogen-bond donors (Lipinski definition) is 2. The second kappa shape index (κ2) is 18.9. The highest BCUT2D eigenvalue weighted by atomic mass is 32.1. The van der Waals surface area contributed by atoms with E-state index in [4.69, 9.17) is 19.4 Å². The van der Waals surface area contributed by atoms with Crippen molar-refractivity contribution >= 4 is 51.8 Å². The second-order valence-corrected chi connectivity index (χ2v) is 19.3. The summed E-state index contributed by atoms with van der Waals surface area (Å²) >= 11 is 1.41. The van der Waals surface area contributed by atoms with Crippen LogP contribution in [-0.2, 0) is 52.8 Å². The molecular weight excluding hydrogens is 821 g/mol. The number of likely N-dealkylation sites (N-methyl/N-ethyl adjacent to an activating group) is 1. The van der Waals surface area contributed by atoms with E-state index < -0.39 is 47.2 Å². The quantitative estimate of drug-likeness (QED) is 0.203. The Hall–Kier alpha value is -5.19. The summed E-state index contributed by atoms with van der Waals surface area (Å²) in [5, 5.41) is 8.11. The number of aryl methyl sites for hydroxylation is 1. The number of hydrogen-bond acceptors (Lipinski definition) is 11. The maximum Gasteiger partial charge on any atom is 0.324 e. The Morgan fingerprint density at radius 3 is 2.60 bits per heavy atom. The van der Waals surface area contributed by atoms with Crippen LogP contribution in [0.25, 0.3) is 33.4 Å². The van der Waals surface area contributed by atoms with Gasteiger partial charge in [0.2, 0.25) is 17.7 Å². The molecule has 0 radical (unpaired) electrons. The summed E-state index contributed by atoms with van der Waals surface area (Å²) in [4.78, 5) is 81.6. The second-order valence-electron chi connectivity index (χ2n) is 18.4. The van der Waals surface area contributed by atoms with Gasteiger partial charge in [0.25, 0.3) is 5.91 Å². The van der Waals surface area contributed by atoms with Crippen molar-refractivity contribution in [2.24, 2.45) is 17.3 Å². The molecule has 3 aliphatic rings. The number of methoxy groups -OCH3 is 1. The highest BCUT2D eigenvalue weighted by Crippen LogP contribution is 2.42. The third kappa shape index (κ3) is 9.53. The van der Waals surface area contributed by atoms with Gasteiger partial charge in [-0.3, -0.25) is 34.0 Å². The lowest BCUT2D eigenvalue weighted by Crippen LogP contribution is -2.62. The summed E-state index contributed by atoms with van der Waals surface area (Å²) in [5.41, 5.74) is 9.28. The van der Waals surface area contributed by atoms with E-state index in [-0.39, 0.29) is 36.9 Å². The molecule has 0 unspecified atom stereocenters. The molecule has 6 bridgehead atoms. The van der Waals surface area contributed by atoms with Crippen molar-refractivity contribution in [3.63, 3.8) is 0 Å². The number of aromatic nitrogens is 3. The van der Waals surface area contributed by atoms with Crippen LogP contribution in [0.4, 0.5) is 0 Å². The van der Waals surface area contributed by atoms with Crippen molar-refractivity contribution < 1.29 is 33.4 Å². The first kappa shape index (κ1) is 45.8. The highest BCUT2D eigenvalue weighted by Gasteiger charge is 2.40. The van der Waals surface area contributed by atoms with Crippen molar-refractivity contribution in [2.45, 2.75) is 111 Å². The monoisotopic (exact) mass is 882 g/mol. The summed E-state index contributed by atoms with van der Waals surface area (Å²) in [5.74, 6) is -2.37. The van der Waals surface area contributed by atoms with E-state index in [1.54, 1.807) is 25.3 Å². The molecule has 2 N–H and O–H groups in total. The van der Waals surface area contributed by atoms with Crippen LogP contribution in [-0.4, -0.2) is 117 Å². The number of nitrogens with one attached hydrogen (secondary N) is 2. The van der Waals surface area contributed by atoms with E-state index in [0.29, 0.717) is 56.9 Å². The molecule has 4 amide bonds. The minimum atomic E-state index is -1.07. The number of rotatable bonds is 9. The van der Waals surface area contributed by atoms with Gasteiger partial charge < -0.3 is 29.2 Å². The average Bonchev–Trinajstić information content (AvgIpc) is 4.02. The molecule has 4 aromatic rings. The van der Waals surface area contributed by atoms with E-state index in [9.17, 15) is 24.0 Å². The zero-order valence-electron chi connectivity index (χ0n) is 38.0. The molecule has 6 heterocycles. The van der Waals surface area contributed by atoms with Crippen LogP contribution in [0.15, 0.2) is 41.9 Å². The number of esters is 1. The third-order valence-electron chi connectivity index (χ3n) is 12.8. The van der Waals surface area contributed by atoms with E-state index in [0.717, 1.165) is 44.7 Å². The molecule has 7 rings (SSSR count). The van der Waals surface area contributed by atoms with Gasteiger partial charge in [-0.05, 0) is 75.3 Å². The Morgan fingerprint density at radius 1 is 1.13 bits per heavy atom. The molecule has 0 spiro atoms. The molecule has 16 heteroatoms. The molecule has 338 valence electrons. The number of amides is 4. The van der Waals surface area contributed by atoms with E-state index >= 15 is 0 Å². The van der Waals surface area contributed by atoms with Gasteiger partial charge in [0.1, 0.15) is 18.1 Å². The fourth-order valence-corrected chi connectivity index (χ4v) is 10.3. The van der Waals surface area contributed by atoms with Gasteiger partial charge in [-0.1, -0.05) is 33.8 Å².